The van der Waals surface area contributed by atoms with Gasteiger partial charge in [0, 0.05) is 30.3 Å². The number of quaternary nitrogens is 1. The van der Waals surface area contributed by atoms with Gasteiger partial charge in [-0.05, 0) is 49.3 Å². The van der Waals surface area contributed by atoms with Crippen molar-refractivity contribution in [2.75, 3.05) is 18.0 Å². The molecular formula is C27H36N3O3+. The first-order valence-electron chi connectivity index (χ1n) is 11.8. The molecule has 0 unspecified atom stereocenters. The molecule has 0 spiro atoms. The van der Waals surface area contributed by atoms with Gasteiger partial charge in [-0.15, -0.1) is 0 Å². The summed E-state index contributed by atoms with van der Waals surface area (Å²) >= 11 is 0. The molecule has 0 aliphatic carbocycles. The predicted octanol–water partition coefficient (Wildman–Crippen LogP) is 5.82. The van der Waals surface area contributed by atoms with E-state index in [1.807, 2.05) is 36.4 Å². The third kappa shape index (κ3) is 6.02. The van der Waals surface area contributed by atoms with Crippen LogP contribution >= 0.6 is 0 Å². The Hall–Kier alpha value is -3.12. The summed E-state index contributed by atoms with van der Waals surface area (Å²) in [5.74, 6) is 2.31. The summed E-state index contributed by atoms with van der Waals surface area (Å²) in [6, 6.07) is 13.3. The summed E-state index contributed by atoms with van der Waals surface area (Å²) in [6.07, 6.45) is 7.97. The molecule has 0 amide bonds. The van der Waals surface area contributed by atoms with Crippen LogP contribution in [0.2, 0.25) is 0 Å². The fraction of sp³-hybridized carbons (Fsp3) is 0.407. The van der Waals surface area contributed by atoms with Crippen molar-refractivity contribution in [1.29, 1.82) is 0 Å². The van der Waals surface area contributed by atoms with Crippen LogP contribution in [-0.2, 0) is 5.41 Å². The monoisotopic (exact) mass is 450 g/mol. The average Bonchev–Trinajstić information content (AvgIpc) is 3.13. The van der Waals surface area contributed by atoms with Gasteiger partial charge in [-0.1, -0.05) is 52.0 Å². The zero-order chi connectivity index (χ0) is 24.0. The minimum atomic E-state index is -0.313. The summed E-state index contributed by atoms with van der Waals surface area (Å²) in [5.41, 5.74) is 3.07. The smallest absolute Gasteiger partial charge is 0.270 e. The van der Waals surface area contributed by atoms with E-state index in [9.17, 15) is 10.1 Å². The molecule has 0 radical (unpaired) electrons. The number of non-ortho nitro benzene ring substituents is 1. The van der Waals surface area contributed by atoms with Crippen molar-refractivity contribution in [3.63, 3.8) is 0 Å². The van der Waals surface area contributed by atoms with E-state index in [-0.39, 0.29) is 16.0 Å². The van der Waals surface area contributed by atoms with Gasteiger partial charge < -0.3 is 15.0 Å². The number of nitro benzene ring substituents is 1. The van der Waals surface area contributed by atoms with E-state index in [2.05, 4.69) is 57.0 Å². The van der Waals surface area contributed by atoms with E-state index >= 15 is 0 Å². The Labute approximate surface area is 197 Å². The topological polar surface area (TPSA) is 72.2 Å². The van der Waals surface area contributed by atoms with Crippen molar-refractivity contribution in [2.24, 2.45) is 5.92 Å². The number of benzene rings is 2. The molecule has 0 saturated carbocycles. The Kier molecular flexibility index (Phi) is 7.92. The second-order valence-electron chi connectivity index (χ2n) is 9.54. The number of para-hydroxylation sites is 2. The Morgan fingerprint density at radius 1 is 1.21 bits per heavy atom. The summed E-state index contributed by atoms with van der Waals surface area (Å²) in [7, 11) is 0. The van der Waals surface area contributed by atoms with E-state index < -0.39 is 0 Å². The molecule has 3 rings (SSSR count). The number of nitro groups is 1. The molecule has 1 heterocycles. The minimum absolute atomic E-state index is 0.140. The molecule has 176 valence electrons. The number of rotatable bonds is 10. The Balaban J connectivity index is 1.76. The Bertz CT molecular complexity index is 1040. The second kappa shape index (κ2) is 10.7. The van der Waals surface area contributed by atoms with Gasteiger partial charge in [-0.2, -0.15) is 0 Å². The lowest BCUT2D eigenvalue weighted by Crippen LogP contribution is -2.78. The highest BCUT2D eigenvalue weighted by atomic mass is 16.6. The number of nitrogens with zero attached hydrogens (tertiary/aromatic N) is 2. The van der Waals surface area contributed by atoms with Crippen molar-refractivity contribution in [1.82, 2.24) is 0 Å². The zero-order valence-corrected chi connectivity index (χ0v) is 20.4. The number of ether oxygens (including phenoxy) is 1. The van der Waals surface area contributed by atoms with E-state index in [0.29, 0.717) is 5.92 Å². The van der Waals surface area contributed by atoms with E-state index in [4.69, 9.17) is 4.74 Å². The maximum Gasteiger partial charge on any atom is 0.270 e. The summed E-state index contributed by atoms with van der Waals surface area (Å²) in [6.45, 7) is 12.6. The zero-order valence-electron chi connectivity index (χ0n) is 20.4. The molecule has 6 heteroatoms. The van der Waals surface area contributed by atoms with Gasteiger partial charge in [-0.25, -0.2) is 0 Å². The first kappa shape index (κ1) is 24.5. The molecule has 6 nitrogen and oxygen atoms in total. The van der Waals surface area contributed by atoms with Crippen LogP contribution in [0.25, 0.3) is 0 Å². The first-order chi connectivity index (χ1) is 15.7. The van der Waals surface area contributed by atoms with Crippen LogP contribution in [0.15, 0.2) is 66.6 Å². The number of anilines is 1. The lowest BCUT2D eigenvalue weighted by atomic mass is 9.80. The van der Waals surface area contributed by atoms with Gasteiger partial charge in [-0.3, -0.25) is 10.1 Å². The Morgan fingerprint density at radius 3 is 2.67 bits per heavy atom. The molecular weight excluding hydrogens is 414 g/mol. The minimum Gasteiger partial charge on any atom is -0.439 e. The van der Waals surface area contributed by atoms with Crippen molar-refractivity contribution in [3.8, 4) is 5.75 Å². The highest BCUT2D eigenvalue weighted by molar-refractivity contribution is 5.66. The summed E-state index contributed by atoms with van der Waals surface area (Å²) in [5, 5.41) is 13.6. The van der Waals surface area contributed by atoms with Crippen LogP contribution in [0.1, 0.15) is 53.0 Å². The Morgan fingerprint density at radius 2 is 1.97 bits per heavy atom. The molecule has 0 bridgehead atoms. The van der Waals surface area contributed by atoms with Crippen LogP contribution < -0.4 is 15.0 Å². The van der Waals surface area contributed by atoms with Crippen molar-refractivity contribution >= 4 is 17.1 Å². The number of hydrogen-bond acceptors (Lipinski definition) is 4. The van der Waals surface area contributed by atoms with Crippen LogP contribution in [0, 0.1) is 16.0 Å². The second-order valence-corrected chi connectivity index (χ2v) is 9.54. The van der Waals surface area contributed by atoms with Crippen molar-refractivity contribution in [3.05, 3.63) is 82.3 Å². The third-order valence-electron chi connectivity index (χ3n) is 6.04. The normalized spacial score (nSPS) is 14.8. The van der Waals surface area contributed by atoms with Crippen LogP contribution in [-0.4, -0.2) is 18.0 Å². The molecule has 2 N–H and O–H groups in total. The third-order valence-corrected chi connectivity index (χ3v) is 6.04. The van der Waals surface area contributed by atoms with Crippen molar-refractivity contribution in [2.45, 2.75) is 52.9 Å². The van der Waals surface area contributed by atoms with Gasteiger partial charge in [0.25, 0.3) is 5.69 Å². The molecule has 0 saturated heterocycles. The predicted molar refractivity (Wildman–Crippen MR) is 134 cm³/mol. The summed E-state index contributed by atoms with van der Waals surface area (Å²) < 4.78 is 6.01. The highest BCUT2D eigenvalue weighted by Gasteiger charge is 2.27. The maximum absolute atomic E-state index is 11.4. The standard InChI is InChI=1S/C27H35N3O3/c1-6-29-24-11-7-8-12-25(24)33-26(29)13-9-10-17-27(4,5)22-19-21(30(31)32)14-15-23(22)28-18-16-20(2)3/h7-15,19-20,28H,6,16-18H2,1-5H3/p+1/b10-9+,26-13-. The maximum atomic E-state index is 11.4. The lowest BCUT2D eigenvalue weighted by Gasteiger charge is -2.25. The summed E-state index contributed by atoms with van der Waals surface area (Å²) in [4.78, 5) is 13.2. The molecule has 2 aromatic carbocycles. The first-order valence-corrected chi connectivity index (χ1v) is 11.8. The van der Waals surface area contributed by atoms with Crippen LogP contribution in [0.5, 0.6) is 5.75 Å². The molecule has 1 aliphatic heterocycles. The van der Waals surface area contributed by atoms with Crippen LogP contribution in [0.4, 0.5) is 17.1 Å². The van der Waals surface area contributed by atoms with Gasteiger partial charge >= 0.3 is 0 Å². The lowest BCUT2D eigenvalue weighted by molar-refractivity contribution is -0.573. The fourth-order valence-electron chi connectivity index (χ4n) is 4.12. The van der Waals surface area contributed by atoms with Gasteiger partial charge in [0.1, 0.15) is 5.69 Å². The number of nitrogens with two attached hydrogens (primary N) is 1. The van der Waals surface area contributed by atoms with Gasteiger partial charge in [0.05, 0.1) is 17.2 Å². The largest absolute Gasteiger partial charge is 0.439 e. The highest BCUT2D eigenvalue weighted by Crippen LogP contribution is 2.38. The van der Waals surface area contributed by atoms with E-state index in [1.165, 1.54) is 0 Å². The van der Waals surface area contributed by atoms with E-state index in [0.717, 1.165) is 54.5 Å². The number of hydrogen-bond donors (Lipinski definition) is 1. The molecule has 0 aromatic heterocycles. The number of allylic oxidation sites excluding steroid dienone is 3. The van der Waals surface area contributed by atoms with Gasteiger partial charge in [0.2, 0.25) is 5.88 Å². The molecule has 0 atom stereocenters. The molecule has 1 aliphatic rings. The number of fused-ring (bicyclic) bond motifs is 1. The van der Waals surface area contributed by atoms with Gasteiger partial charge in [0.15, 0.2) is 5.75 Å². The van der Waals surface area contributed by atoms with Crippen LogP contribution in [0.3, 0.4) is 0 Å². The molecule has 33 heavy (non-hydrogen) atoms. The fourth-order valence-corrected chi connectivity index (χ4v) is 4.12. The van der Waals surface area contributed by atoms with E-state index in [1.54, 1.807) is 12.1 Å². The molecule has 0 fully saturated rings. The SMILES string of the molecule is CCN1/C(=C/C=C/CC(C)(C)c2cc([N+](=O)[O-])ccc2[NH2+]CCC(C)C)Oc2ccccc21. The average molecular weight is 451 g/mol. The quantitative estimate of drug-likeness (QED) is 0.281. The van der Waals surface area contributed by atoms with Crippen molar-refractivity contribution < 1.29 is 15.0 Å². The molecule has 2 aromatic rings.